The second-order valence-electron chi connectivity index (χ2n) is 13.2. The van der Waals surface area contributed by atoms with Crippen LogP contribution in [0.15, 0.2) is 0 Å². The van der Waals surface area contributed by atoms with Gasteiger partial charge in [-0.1, -0.05) is 162 Å². The molecule has 0 fully saturated rings. The topological polar surface area (TPSA) is 44.6 Å². The summed E-state index contributed by atoms with van der Waals surface area (Å²) in [5.41, 5.74) is 0. The van der Waals surface area contributed by atoms with Crippen LogP contribution >= 0.6 is 0 Å². The Morgan fingerprint density at radius 3 is 0.950 bits per heavy atom. The zero-order chi connectivity index (χ0) is 30.1. The highest BCUT2D eigenvalue weighted by atomic mass is 16.4. The fourth-order valence-corrected chi connectivity index (χ4v) is 5.88. The van der Waals surface area contributed by atoms with Crippen molar-refractivity contribution in [3.63, 3.8) is 0 Å². The lowest BCUT2D eigenvalue weighted by molar-refractivity contribution is -0.942. The Labute approximate surface area is 254 Å². The first-order chi connectivity index (χ1) is 19.4. The highest BCUT2D eigenvalue weighted by Gasteiger charge is 2.15. The summed E-state index contributed by atoms with van der Waals surface area (Å²) in [7, 11) is 0. The SMILES string of the molecule is CCCCCCCCCCCCCCCCCC(=O)[O-].CCCCCCCCCCCCC[NH+](C(C)C)C(C)C. The van der Waals surface area contributed by atoms with Gasteiger partial charge in [0.1, 0.15) is 0 Å². The molecule has 0 aromatic carbocycles. The fourth-order valence-electron chi connectivity index (χ4n) is 5.88. The number of rotatable bonds is 30. The van der Waals surface area contributed by atoms with E-state index < -0.39 is 5.97 Å². The zero-order valence-corrected chi connectivity index (χ0v) is 28.8. The van der Waals surface area contributed by atoms with Gasteiger partial charge < -0.3 is 14.8 Å². The molecule has 0 aliphatic rings. The molecule has 0 spiro atoms. The molecule has 242 valence electrons. The second kappa shape index (κ2) is 34.6. The number of quaternary nitrogens is 1. The zero-order valence-electron chi connectivity index (χ0n) is 28.8. The number of carbonyl (C=O) groups excluding carboxylic acids is 1. The third kappa shape index (κ3) is 35.5. The fraction of sp³-hybridized carbons (Fsp3) is 0.973. The van der Waals surface area contributed by atoms with Crippen molar-refractivity contribution < 1.29 is 14.8 Å². The normalized spacial score (nSPS) is 11.4. The number of hydrogen-bond donors (Lipinski definition) is 1. The lowest BCUT2D eigenvalue weighted by Crippen LogP contribution is -3.17. The molecule has 40 heavy (non-hydrogen) atoms. The van der Waals surface area contributed by atoms with Gasteiger partial charge in [-0.3, -0.25) is 0 Å². The number of hydrogen-bond acceptors (Lipinski definition) is 2. The number of carbonyl (C=O) groups is 1. The summed E-state index contributed by atoms with van der Waals surface area (Å²) in [6.07, 6.45) is 35.8. The standard InChI is InChI=1S/C19H41N.C18H36O2/c1-6-7-8-9-10-11-12-13-14-15-16-17-20(18(2)3)19(4)5;1-2-3-4-5-6-7-8-9-10-11-12-13-14-15-16-17-18(19)20/h18-19H,6-17H2,1-5H3;2-17H2,1H3,(H,19,20). The third-order valence-corrected chi connectivity index (χ3v) is 8.54. The first-order valence-corrected chi connectivity index (χ1v) is 18.4. The summed E-state index contributed by atoms with van der Waals surface area (Å²) in [6.45, 7) is 15.3. The summed E-state index contributed by atoms with van der Waals surface area (Å²) in [4.78, 5) is 12.0. The van der Waals surface area contributed by atoms with Crippen molar-refractivity contribution in [3.05, 3.63) is 0 Å². The van der Waals surface area contributed by atoms with Gasteiger partial charge in [-0.2, -0.15) is 0 Å². The lowest BCUT2D eigenvalue weighted by Gasteiger charge is -2.27. The number of unbranched alkanes of at least 4 members (excludes halogenated alkanes) is 24. The Bertz CT molecular complexity index is 469. The largest absolute Gasteiger partial charge is 0.550 e. The van der Waals surface area contributed by atoms with Gasteiger partial charge in [0.25, 0.3) is 0 Å². The van der Waals surface area contributed by atoms with E-state index in [-0.39, 0.29) is 6.42 Å². The summed E-state index contributed by atoms with van der Waals surface area (Å²) < 4.78 is 0. The monoisotopic (exact) mass is 568 g/mol. The summed E-state index contributed by atoms with van der Waals surface area (Å²) in [5.74, 6) is -0.903. The summed E-state index contributed by atoms with van der Waals surface area (Å²) in [6, 6.07) is 1.55. The highest BCUT2D eigenvalue weighted by molar-refractivity contribution is 5.64. The van der Waals surface area contributed by atoms with Gasteiger partial charge in [0.15, 0.2) is 0 Å². The first-order valence-electron chi connectivity index (χ1n) is 18.4. The van der Waals surface area contributed by atoms with Crippen LogP contribution in [0.25, 0.3) is 0 Å². The minimum Gasteiger partial charge on any atom is -0.550 e. The molecule has 1 N–H and O–H groups in total. The van der Waals surface area contributed by atoms with Gasteiger partial charge in [-0.05, 0) is 53.4 Å². The minimum absolute atomic E-state index is 0.234. The molecule has 0 saturated heterocycles. The van der Waals surface area contributed by atoms with Crippen LogP contribution < -0.4 is 10.0 Å². The van der Waals surface area contributed by atoms with E-state index in [1.54, 1.807) is 4.90 Å². The number of carboxylic acid groups (broad SMARTS) is 1. The predicted molar refractivity (Wildman–Crippen MR) is 177 cm³/mol. The van der Waals surface area contributed by atoms with Crippen LogP contribution in [0.5, 0.6) is 0 Å². The Hall–Kier alpha value is -0.570. The maximum Gasteiger partial charge on any atom is 0.0819 e. The molecule has 0 atom stereocenters. The molecule has 0 aromatic heterocycles. The van der Waals surface area contributed by atoms with E-state index in [9.17, 15) is 9.90 Å². The van der Waals surface area contributed by atoms with E-state index in [1.165, 1.54) is 161 Å². The Morgan fingerprint density at radius 1 is 0.450 bits per heavy atom. The average molecular weight is 568 g/mol. The molecular formula is C37H77NO2. The molecule has 0 rings (SSSR count). The van der Waals surface area contributed by atoms with Crippen LogP contribution in [0, 0.1) is 0 Å². The van der Waals surface area contributed by atoms with Crippen LogP contribution in [-0.4, -0.2) is 24.6 Å². The van der Waals surface area contributed by atoms with Crippen LogP contribution in [0.3, 0.4) is 0 Å². The molecule has 0 aliphatic carbocycles. The molecule has 0 aliphatic heterocycles. The molecule has 0 bridgehead atoms. The van der Waals surface area contributed by atoms with Gasteiger partial charge in [0.05, 0.1) is 18.6 Å². The molecule has 0 aromatic rings. The molecule has 0 unspecified atom stereocenters. The Balaban J connectivity index is 0. The number of carboxylic acids is 1. The van der Waals surface area contributed by atoms with Crippen LogP contribution in [0.2, 0.25) is 0 Å². The molecule has 0 heterocycles. The number of aliphatic carboxylic acids is 1. The lowest BCUT2D eigenvalue weighted by atomic mass is 10.0. The second-order valence-corrected chi connectivity index (χ2v) is 13.2. The van der Waals surface area contributed by atoms with E-state index in [0.29, 0.717) is 0 Å². The molecule has 3 nitrogen and oxygen atoms in total. The van der Waals surface area contributed by atoms with Gasteiger partial charge in [-0.15, -0.1) is 0 Å². The summed E-state index contributed by atoms with van der Waals surface area (Å²) in [5, 5.41) is 10.2. The third-order valence-electron chi connectivity index (χ3n) is 8.54. The van der Waals surface area contributed by atoms with Crippen molar-refractivity contribution in [1.82, 2.24) is 0 Å². The Morgan fingerprint density at radius 2 is 0.700 bits per heavy atom. The van der Waals surface area contributed by atoms with E-state index in [1.807, 2.05) is 0 Å². The summed E-state index contributed by atoms with van der Waals surface area (Å²) >= 11 is 0. The van der Waals surface area contributed by atoms with E-state index in [4.69, 9.17) is 0 Å². The van der Waals surface area contributed by atoms with Crippen LogP contribution in [-0.2, 0) is 4.79 Å². The average Bonchev–Trinajstić information content (AvgIpc) is 2.91. The van der Waals surface area contributed by atoms with E-state index in [2.05, 4.69) is 41.5 Å². The van der Waals surface area contributed by atoms with Gasteiger partial charge in [-0.25, -0.2) is 0 Å². The van der Waals surface area contributed by atoms with Crippen molar-refractivity contribution in [1.29, 1.82) is 0 Å². The Kier molecular flexibility index (Phi) is 36.0. The van der Waals surface area contributed by atoms with Crippen molar-refractivity contribution in [2.75, 3.05) is 6.54 Å². The van der Waals surface area contributed by atoms with E-state index >= 15 is 0 Å². The van der Waals surface area contributed by atoms with Crippen molar-refractivity contribution in [2.45, 2.75) is 227 Å². The smallest absolute Gasteiger partial charge is 0.0819 e. The number of nitrogens with one attached hydrogen (secondary N) is 1. The van der Waals surface area contributed by atoms with Crippen molar-refractivity contribution in [2.24, 2.45) is 0 Å². The minimum atomic E-state index is -0.903. The first kappa shape index (κ1) is 41.6. The van der Waals surface area contributed by atoms with Gasteiger partial charge >= 0.3 is 0 Å². The maximum absolute atomic E-state index is 10.2. The molecule has 0 saturated carbocycles. The van der Waals surface area contributed by atoms with Crippen LogP contribution in [0.1, 0.15) is 215 Å². The van der Waals surface area contributed by atoms with Gasteiger partial charge in [0, 0.05) is 5.97 Å². The van der Waals surface area contributed by atoms with E-state index in [0.717, 1.165) is 24.9 Å². The van der Waals surface area contributed by atoms with Crippen molar-refractivity contribution in [3.8, 4) is 0 Å². The molecule has 0 amide bonds. The molecule has 0 radical (unpaired) electrons. The van der Waals surface area contributed by atoms with Crippen molar-refractivity contribution >= 4 is 5.97 Å². The molecule has 3 heteroatoms. The van der Waals surface area contributed by atoms with Crippen LogP contribution in [0.4, 0.5) is 0 Å². The molecular weight excluding hydrogens is 490 g/mol. The van der Waals surface area contributed by atoms with Gasteiger partial charge in [0.2, 0.25) is 0 Å². The highest BCUT2D eigenvalue weighted by Crippen LogP contribution is 2.14. The maximum atomic E-state index is 10.2. The predicted octanol–water partition coefficient (Wildman–Crippen LogP) is 10.00. The quantitative estimate of drug-likeness (QED) is 0.0878.